The van der Waals surface area contributed by atoms with Crippen molar-refractivity contribution in [3.8, 4) is 11.5 Å². The molecule has 0 aliphatic carbocycles. The molecule has 0 saturated carbocycles. The number of amides is 1. The minimum atomic E-state index is -3.22. The van der Waals surface area contributed by atoms with Crippen molar-refractivity contribution in [1.82, 2.24) is 9.62 Å². The van der Waals surface area contributed by atoms with Crippen LogP contribution >= 0.6 is 0 Å². The van der Waals surface area contributed by atoms with Crippen LogP contribution in [0.5, 0.6) is 11.5 Å². The van der Waals surface area contributed by atoms with Crippen molar-refractivity contribution in [1.29, 1.82) is 0 Å². The van der Waals surface area contributed by atoms with Crippen LogP contribution in [0, 0.1) is 12.8 Å². The Morgan fingerprint density at radius 1 is 1.28 bits per heavy atom. The van der Waals surface area contributed by atoms with Crippen LogP contribution in [0.15, 0.2) is 12.1 Å². The number of hydrogen-bond acceptors (Lipinski definition) is 5. The summed E-state index contributed by atoms with van der Waals surface area (Å²) >= 11 is 0. The average molecular weight is 370 g/mol. The maximum absolute atomic E-state index is 12.9. The van der Waals surface area contributed by atoms with E-state index in [1.165, 1.54) is 0 Å². The molecule has 1 amide bonds. The van der Waals surface area contributed by atoms with Gasteiger partial charge in [0.05, 0.1) is 20.5 Å². The number of sulfonamides is 1. The Balaban J connectivity index is 2.14. The molecule has 1 aromatic carbocycles. The third-order valence-electron chi connectivity index (χ3n) is 4.44. The molecule has 7 nitrogen and oxygen atoms in total. The van der Waals surface area contributed by atoms with Gasteiger partial charge in [-0.1, -0.05) is 0 Å². The number of rotatable bonds is 6. The highest BCUT2D eigenvalue weighted by Gasteiger charge is 2.26. The standard InChI is InChI=1S/C17H26N2O5S/c1-12-15(23-2)8-14(9-16(12)24-3)17(20)19-7-5-6-13(11-19)10-18-25(4,21)22/h8-9,13,18H,5-7,10-11H2,1-4H3/t13-/m0/s1. The molecule has 1 saturated heterocycles. The molecule has 1 fully saturated rings. The smallest absolute Gasteiger partial charge is 0.254 e. The SMILES string of the molecule is COc1cc(C(=O)N2CCC[C@@H](CNS(C)(=O)=O)C2)cc(OC)c1C. The largest absolute Gasteiger partial charge is 0.496 e. The topological polar surface area (TPSA) is 84.9 Å². The molecule has 1 aliphatic rings. The van der Waals surface area contributed by atoms with Gasteiger partial charge in [0, 0.05) is 30.8 Å². The minimum absolute atomic E-state index is 0.0966. The fourth-order valence-corrected chi connectivity index (χ4v) is 3.62. The normalized spacial score (nSPS) is 18.1. The maximum Gasteiger partial charge on any atom is 0.254 e. The third kappa shape index (κ3) is 5.09. The average Bonchev–Trinajstić information content (AvgIpc) is 2.59. The molecule has 2 rings (SSSR count). The van der Waals surface area contributed by atoms with Crippen LogP contribution in [0.4, 0.5) is 0 Å². The molecular formula is C17H26N2O5S. The lowest BCUT2D eigenvalue weighted by atomic mass is 9.97. The lowest BCUT2D eigenvalue weighted by Gasteiger charge is -2.33. The van der Waals surface area contributed by atoms with E-state index in [1.807, 2.05) is 6.92 Å². The van der Waals surface area contributed by atoms with Crippen molar-refractivity contribution >= 4 is 15.9 Å². The van der Waals surface area contributed by atoms with Crippen LogP contribution in [-0.2, 0) is 10.0 Å². The van der Waals surface area contributed by atoms with Gasteiger partial charge in [-0.2, -0.15) is 0 Å². The van der Waals surface area contributed by atoms with Crippen molar-refractivity contribution in [2.45, 2.75) is 19.8 Å². The number of nitrogens with one attached hydrogen (secondary N) is 1. The summed E-state index contributed by atoms with van der Waals surface area (Å²) in [6, 6.07) is 3.44. The maximum atomic E-state index is 12.9. The molecule has 1 heterocycles. The van der Waals surface area contributed by atoms with Crippen LogP contribution in [-0.4, -0.2) is 59.3 Å². The number of piperidine rings is 1. The monoisotopic (exact) mass is 370 g/mol. The van der Waals surface area contributed by atoms with E-state index in [0.29, 0.717) is 36.7 Å². The summed E-state index contributed by atoms with van der Waals surface area (Å²) in [5.74, 6) is 1.23. The van der Waals surface area contributed by atoms with Crippen LogP contribution < -0.4 is 14.2 Å². The molecule has 0 spiro atoms. The molecule has 1 atom stereocenters. The summed E-state index contributed by atoms with van der Waals surface area (Å²) in [5.41, 5.74) is 1.35. The fourth-order valence-electron chi connectivity index (χ4n) is 3.08. The van der Waals surface area contributed by atoms with Gasteiger partial charge in [-0.05, 0) is 37.8 Å². The minimum Gasteiger partial charge on any atom is -0.496 e. The lowest BCUT2D eigenvalue weighted by Crippen LogP contribution is -2.43. The Hall–Kier alpha value is -1.80. The molecule has 1 aliphatic heterocycles. The van der Waals surface area contributed by atoms with Gasteiger partial charge in [0.15, 0.2) is 0 Å². The van der Waals surface area contributed by atoms with Crippen molar-refractivity contribution in [3.05, 3.63) is 23.3 Å². The highest BCUT2D eigenvalue weighted by molar-refractivity contribution is 7.88. The molecule has 1 aromatic rings. The molecule has 0 aromatic heterocycles. The molecule has 25 heavy (non-hydrogen) atoms. The van der Waals surface area contributed by atoms with E-state index in [-0.39, 0.29) is 11.8 Å². The Morgan fingerprint density at radius 2 is 1.88 bits per heavy atom. The second kappa shape index (κ2) is 8.05. The molecule has 1 N–H and O–H groups in total. The van der Waals surface area contributed by atoms with Gasteiger partial charge in [-0.15, -0.1) is 0 Å². The Kier molecular flexibility index (Phi) is 6.29. The highest BCUT2D eigenvalue weighted by atomic mass is 32.2. The van der Waals surface area contributed by atoms with E-state index in [0.717, 1.165) is 24.7 Å². The van der Waals surface area contributed by atoms with Gasteiger partial charge in [0.2, 0.25) is 10.0 Å². The van der Waals surface area contributed by atoms with Crippen LogP contribution in [0.2, 0.25) is 0 Å². The zero-order valence-electron chi connectivity index (χ0n) is 15.2. The first-order chi connectivity index (χ1) is 11.7. The zero-order chi connectivity index (χ0) is 18.6. The number of carbonyl (C=O) groups is 1. The first-order valence-electron chi connectivity index (χ1n) is 8.21. The number of methoxy groups -OCH3 is 2. The molecule has 140 valence electrons. The second-order valence-corrected chi connectivity index (χ2v) is 8.22. The highest BCUT2D eigenvalue weighted by Crippen LogP contribution is 2.30. The summed E-state index contributed by atoms with van der Waals surface area (Å²) in [6.45, 7) is 3.41. The first-order valence-corrected chi connectivity index (χ1v) is 10.1. The Bertz CT molecular complexity index is 708. The van der Waals surface area contributed by atoms with Crippen molar-refractivity contribution in [2.24, 2.45) is 5.92 Å². The predicted octanol–water partition coefficient (Wildman–Crippen LogP) is 1.41. The molecule has 8 heteroatoms. The number of carbonyl (C=O) groups excluding carboxylic acids is 1. The van der Waals surface area contributed by atoms with Gasteiger partial charge in [-0.25, -0.2) is 13.1 Å². The number of ether oxygens (including phenoxy) is 2. The number of nitrogens with zero attached hydrogens (tertiary/aromatic N) is 1. The quantitative estimate of drug-likeness (QED) is 0.818. The van der Waals surface area contributed by atoms with Crippen LogP contribution in [0.3, 0.4) is 0 Å². The summed E-state index contributed by atoms with van der Waals surface area (Å²) in [6.07, 6.45) is 2.89. The van der Waals surface area contributed by atoms with Crippen molar-refractivity contribution in [2.75, 3.05) is 40.1 Å². The third-order valence-corrected chi connectivity index (χ3v) is 5.13. The Morgan fingerprint density at radius 3 is 2.40 bits per heavy atom. The van der Waals surface area contributed by atoms with Gasteiger partial charge < -0.3 is 14.4 Å². The molecule has 0 radical (unpaired) electrons. The van der Waals surface area contributed by atoms with Crippen LogP contribution in [0.1, 0.15) is 28.8 Å². The van der Waals surface area contributed by atoms with E-state index in [9.17, 15) is 13.2 Å². The summed E-state index contributed by atoms with van der Waals surface area (Å²) in [5, 5.41) is 0. The molecule has 0 unspecified atom stereocenters. The van der Waals surface area contributed by atoms with Gasteiger partial charge in [-0.3, -0.25) is 4.79 Å². The predicted molar refractivity (Wildman–Crippen MR) is 95.8 cm³/mol. The summed E-state index contributed by atoms with van der Waals surface area (Å²) in [4.78, 5) is 14.6. The van der Waals surface area contributed by atoms with E-state index >= 15 is 0 Å². The zero-order valence-corrected chi connectivity index (χ0v) is 16.0. The van der Waals surface area contributed by atoms with Gasteiger partial charge >= 0.3 is 0 Å². The van der Waals surface area contributed by atoms with Gasteiger partial charge in [0.1, 0.15) is 11.5 Å². The van der Waals surface area contributed by atoms with Crippen molar-refractivity contribution < 1.29 is 22.7 Å². The van der Waals surface area contributed by atoms with E-state index < -0.39 is 10.0 Å². The molecular weight excluding hydrogens is 344 g/mol. The van der Waals surface area contributed by atoms with E-state index in [2.05, 4.69) is 4.72 Å². The van der Waals surface area contributed by atoms with Gasteiger partial charge in [0.25, 0.3) is 5.91 Å². The van der Waals surface area contributed by atoms with Crippen molar-refractivity contribution in [3.63, 3.8) is 0 Å². The summed E-state index contributed by atoms with van der Waals surface area (Å²) in [7, 11) is -0.104. The first kappa shape index (κ1) is 19.5. The number of benzene rings is 1. The van der Waals surface area contributed by atoms with E-state index in [4.69, 9.17) is 9.47 Å². The second-order valence-electron chi connectivity index (χ2n) is 6.39. The number of hydrogen-bond donors (Lipinski definition) is 1. The fraction of sp³-hybridized carbons (Fsp3) is 0.588. The number of likely N-dealkylation sites (tertiary alicyclic amines) is 1. The Labute approximate surface area is 149 Å². The summed E-state index contributed by atoms with van der Waals surface area (Å²) < 4.78 is 35.7. The van der Waals surface area contributed by atoms with Crippen LogP contribution in [0.25, 0.3) is 0 Å². The molecule has 0 bridgehead atoms. The lowest BCUT2D eigenvalue weighted by molar-refractivity contribution is 0.0675. The van der Waals surface area contributed by atoms with E-state index in [1.54, 1.807) is 31.3 Å².